The van der Waals surface area contributed by atoms with Gasteiger partial charge in [0.1, 0.15) is 24.2 Å². The summed E-state index contributed by atoms with van der Waals surface area (Å²) in [5.41, 5.74) is 16.1. The van der Waals surface area contributed by atoms with Crippen molar-refractivity contribution in [3.8, 4) is 0 Å². The maximum Gasteiger partial charge on any atom is 0.326 e. The van der Waals surface area contributed by atoms with E-state index in [-0.39, 0.29) is 12.8 Å². The summed E-state index contributed by atoms with van der Waals surface area (Å²) in [6.45, 7) is 3.03. The fourth-order valence-electron chi connectivity index (χ4n) is 3.53. The van der Waals surface area contributed by atoms with Gasteiger partial charge in [-0.2, -0.15) is 11.8 Å². The van der Waals surface area contributed by atoms with Gasteiger partial charge in [-0.3, -0.25) is 24.0 Å². The van der Waals surface area contributed by atoms with Crippen LogP contribution >= 0.6 is 11.8 Å². The number of aliphatic carboxylic acids is 1. The predicted molar refractivity (Wildman–Crippen MR) is 150 cm³/mol. The summed E-state index contributed by atoms with van der Waals surface area (Å²) in [6, 6.07) is -6.22. The van der Waals surface area contributed by atoms with Crippen molar-refractivity contribution in [3.63, 3.8) is 0 Å². The lowest BCUT2D eigenvalue weighted by molar-refractivity contribution is -0.142. The van der Waals surface area contributed by atoms with Gasteiger partial charge < -0.3 is 48.7 Å². The standard InChI is InChI=1S/C24H45N7O8S/c1-4-13(2)19(31-22(36)17(12-32)30-20(34)14(26)11-18(27)33)23(37)28-15(8-10-40-3)21(35)29-16(24(38)39)7-5-6-9-25/h13-17,19,32H,4-12,25-26H2,1-3H3,(H2,27,33)(H,28,37)(H,29,35)(H,30,34)(H,31,36)(H,38,39)/t13-,14-,15-,16-,17-,19-/m0/s1. The summed E-state index contributed by atoms with van der Waals surface area (Å²) >= 11 is 1.43. The summed E-state index contributed by atoms with van der Waals surface area (Å²) < 4.78 is 0. The van der Waals surface area contributed by atoms with Crippen LogP contribution < -0.4 is 38.5 Å². The number of unbranched alkanes of at least 4 members (excludes halogenated alkanes) is 1. The largest absolute Gasteiger partial charge is 0.480 e. The second-order valence-electron chi connectivity index (χ2n) is 9.42. The average Bonchev–Trinajstić information content (AvgIpc) is 2.90. The molecule has 0 aromatic heterocycles. The molecule has 0 spiro atoms. The van der Waals surface area contributed by atoms with Gasteiger partial charge in [0.15, 0.2) is 0 Å². The number of nitrogens with two attached hydrogens (primary N) is 3. The molecule has 0 bridgehead atoms. The average molecular weight is 592 g/mol. The number of rotatable bonds is 21. The number of aliphatic hydroxyl groups is 1. The van der Waals surface area contributed by atoms with Crippen molar-refractivity contribution in [2.75, 3.05) is 25.2 Å². The Kier molecular flexibility index (Phi) is 18.5. The minimum atomic E-state index is -1.48. The fraction of sp³-hybridized carbons (Fsp3) is 0.750. The SMILES string of the molecule is CC[C@H](C)[C@H](NC(=O)[C@H](CO)NC(=O)[C@@H](N)CC(N)=O)C(=O)N[C@@H](CCSC)C(=O)N[C@@H](CCCCN)C(=O)O. The van der Waals surface area contributed by atoms with E-state index in [1.165, 1.54) is 11.8 Å². The number of amides is 5. The van der Waals surface area contributed by atoms with Crippen LogP contribution in [0.4, 0.5) is 0 Å². The Balaban J connectivity index is 5.64. The molecule has 230 valence electrons. The molecule has 0 aliphatic heterocycles. The van der Waals surface area contributed by atoms with Gasteiger partial charge >= 0.3 is 5.97 Å². The molecule has 0 saturated heterocycles. The number of aliphatic hydroxyl groups excluding tert-OH is 1. The first-order valence-electron chi connectivity index (χ1n) is 13.1. The molecule has 15 nitrogen and oxygen atoms in total. The molecular weight excluding hydrogens is 546 g/mol. The van der Waals surface area contributed by atoms with E-state index in [9.17, 15) is 39.0 Å². The maximum absolute atomic E-state index is 13.3. The summed E-state index contributed by atoms with van der Waals surface area (Å²) in [7, 11) is 0. The third-order valence-electron chi connectivity index (χ3n) is 6.17. The van der Waals surface area contributed by atoms with Crippen molar-refractivity contribution in [2.45, 2.75) is 82.6 Å². The van der Waals surface area contributed by atoms with E-state index in [0.29, 0.717) is 31.6 Å². The van der Waals surface area contributed by atoms with Crippen molar-refractivity contribution >= 4 is 47.3 Å². The number of carbonyl (C=O) groups excluding carboxylic acids is 5. The van der Waals surface area contributed by atoms with Crippen molar-refractivity contribution in [1.29, 1.82) is 0 Å². The molecule has 16 heteroatoms. The Bertz CT molecular complexity index is 863. The second kappa shape index (κ2) is 20.0. The van der Waals surface area contributed by atoms with Crippen molar-refractivity contribution in [2.24, 2.45) is 23.1 Å². The third kappa shape index (κ3) is 13.9. The Hall–Kier alpha value is -2.95. The van der Waals surface area contributed by atoms with Gasteiger partial charge in [0, 0.05) is 0 Å². The topological polar surface area (TPSA) is 269 Å². The molecule has 0 aromatic carbocycles. The molecule has 0 heterocycles. The Morgan fingerprint density at radius 3 is 1.93 bits per heavy atom. The van der Waals surface area contributed by atoms with Crippen molar-refractivity contribution in [1.82, 2.24) is 21.3 Å². The molecule has 5 amide bonds. The zero-order valence-corrected chi connectivity index (χ0v) is 24.1. The highest BCUT2D eigenvalue weighted by atomic mass is 32.2. The number of carbonyl (C=O) groups is 6. The summed E-state index contributed by atoms with van der Waals surface area (Å²) in [4.78, 5) is 74.0. The zero-order valence-electron chi connectivity index (χ0n) is 23.3. The molecule has 0 unspecified atom stereocenters. The predicted octanol–water partition coefficient (Wildman–Crippen LogP) is -2.87. The first-order chi connectivity index (χ1) is 18.8. The summed E-state index contributed by atoms with van der Waals surface area (Å²) in [5, 5.41) is 29.0. The van der Waals surface area contributed by atoms with Crippen LogP contribution in [0.25, 0.3) is 0 Å². The van der Waals surface area contributed by atoms with E-state index in [1.54, 1.807) is 13.8 Å². The van der Waals surface area contributed by atoms with E-state index in [2.05, 4.69) is 21.3 Å². The van der Waals surface area contributed by atoms with E-state index in [1.807, 2.05) is 6.26 Å². The van der Waals surface area contributed by atoms with Crippen molar-refractivity contribution in [3.05, 3.63) is 0 Å². The maximum atomic E-state index is 13.3. The summed E-state index contributed by atoms with van der Waals surface area (Å²) in [5.74, 6) is -5.15. The van der Waals surface area contributed by atoms with E-state index < -0.39 is 84.7 Å². The molecule has 0 aliphatic carbocycles. The molecule has 0 fully saturated rings. The van der Waals surface area contributed by atoms with Crippen LogP contribution in [0.1, 0.15) is 52.4 Å². The minimum Gasteiger partial charge on any atom is -0.480 e. The molecule has 6 atom stereocenters. The zero-order chi connectivity index (χ0) is 30.8. The van der Waals surface area contributed by atoms with E-state index in [4.69, 9.17) is 17.2 Å². The third-order valence-corrected chi connectivity index (χ3v) is 6.82. The molecule has 0 rings (SSSR count). The van der Waals surface area contributed by atoms with Gasteiger partial charge in [0.2, 0.25) is 29.5 Å². The number of thioether (sulfide) groups is 1. The fourth-order valence-corrected chi connectivity index (χ4v) is 4.00. The van der Waals surface area contributed by atoms with Gasteiger partial charge in [0.25, 0.3) is 0 Å². The smallest absolute Gasteiger partial charge is 0.326 e. The first kappa shape index (κ1) is 37.0. The first-order valence-corrected chi connectivity index (χ1v) is 14.5. The number of hydrogen-bond acceptors (Lipinski definition) is 10. The monoisotopic (exact) mass is 591 g/mol. The van der Waals surface area contributed by atoms with Gasteiger partial charge in [-0.15, -0.1) is 0 Å². The van der Waals surface area contributed by atoms with E-state index >= 15 is 0 Å². The molecule has 12 N–H and O–H groups in total. The number of carboxylic acid groups (broad SMARTS) is 1. The van der Waals surface area contributed by atoms with Crippen LogP contribution in [0, 0.1) is 5.92 Å². The van der Waals surface area contributed by atoms with Crippen LogP contribution in [-0.2, 0) is 28.8 Å². The highest BCUT2D eigenvalue weighted by Gasteiger charge is 2.33. The molecule has 0 saturated carbocycles. The lowest BCUT2D eigenvalue weighted by atomic mass is 9.97. The van der Waals surface area contributed by atoms with Crippen LogP contribution in [-0.4, -0.2) is 101 Å². The number of nitrogens with one attached hydrogen (secondary N) is 4. The summed E-state index contributed by atoms with van der Waals surface area (Å²) in [6.07, 6.45) is 3.24. The molecular formula is C24H45N7O8S. The normalized spacial score (nSPS) is 15.4. The highest BCUT2D eigenvalue weighted by molar-refractivity contribution is 7.98. The number of primary amides is 1. The van der Waals surface area contributed by atoms with Gasteiger partial charge in [-0.25, -0.2) is 4.79 Å². The van der Waals surface area contributed by atoms with Crippen molar-refractivity contribution < 1.29 is 39.0 Å². The molecule has 0 radical (unpaired) electrons. The highest BCUT2D eigenvalue weighted by Crippen LogP contribution is 2.11. The molecule has 0 aliphatic rings. The van der Waals surface area contributed by atoms with E-state index in [0.717, 1.165) is 0 Å². The van der Waals surface area contributed by atoms with Gasteiger partial charge in [-0.1, -0.05) is 20.3 Å². The van der Waals surface area contributed by atoms with Crippen LogP contribution in [0.2, 0.25) is 0 Å². The molecule has 40 heavy (non-hydrogen) atoms. The van der Waals surface area contributed by atoms with Gasteiger partial charge in [0.05, 0.1) is 19.1 Å². The molecule has 0 aromatic rings. The second-order valence-corrected chi connectivity index (χ2v) is 10.4. The number of carboxylic acids is 1. The van der Waals surface area contributed by atoms with Crippen LogP contribution in [0.3, 0.4) is 0 Å². The Labute approximate surface area is 238 Å². The lowest BCUT2D eigenvalue weighted by Crippen LogP contribution is -2.60. The quantitative estimate of drug-likeness (QED) is 0.0612. The Morgan fingerprint density at radius 1 is 0.850 bits per heavy atom. The number of hydrogen-bond donors (Lipinski definition) is 9. The minimum absolute atomic E-state index is 0.171. The lowest BCUT2D eigenvalue weighted by Gasteiger charge is -2.28. The van der Waals surface area contributed by atoms with Crippen LogP contribution in [0.5, 0.6) is 0 Å². The van der Waals surface area contributed by atoms with Crippen LogP contribution in [0.15, 0.2) is 0 Å². The van der Waals surface area contributed by atoms with Gasteiger partial charge in [-0.05, 0) is 50.2 Å². The Morgan fingerprint density at radius 2 is 1.43 bits per heavy atom.